The maximum Gasteiger partial charge on any atom is 0.266 e. The summed E-state index contributed by atoms with van der Waals surface area (Å²) in [6.07, 6.45) is 0. The van der Waals surface area contributed by atoms with E-state index in [-0.39, 0.29) is 0 Å². The molecule has 0 fully saturated rings. The van der Waals surface area contributed by atoms with Crippen molar-refractivity contribution in [2.24, 2.45) is 0 Å². The minimum absolute atomic E-state index is 0.444. The summed E-state index contributed by atoms with van der Waals surface area (Å²) in [7, 11) is 1.51. The van der Waals surface area contributed by atoms with Crippen molar-refractivity contribution in [1.29, 1.82) is 0 Å². The number of benzene rings is 2. The van der Waals surface area contributed by atoms with E-state index in [0.29, 0.717) is 22.6 Å². The van der Waals surface area contributed by atoms with Gasteiger partial charge in [0.2, 0.25) is 0 Å². The summed E-state index contributed by atoms with van der Waals surface area (Å²) in [5.41, 5.74) is -0.0891. The second-order valence-electron chi connectivity index (χ2n) is 4.41. The van der Waals surface area contributed by atoms with Gasteiger partial charge in [0, 0.05) is 16.8 Å². The van der Waals surface area contributed by atoms with Gasteiger partial charge in [0.05, 0.1) is 7.11 Å². The molecule has 0 aliphatic carbocycles. The van der Waals surface area contributed by atoms with Crippen molar-refractivity contribution < 1.29 is 14.6 Å². The molecule has 0 aromatic heterocycles. The third-order valence-corrected chi connectivity index (χ3v) is 3.39. The molecule has 0 unspecified atom stereocenters. The van der Waals surface area contributed by atoms with E-state index in [4.69, 9.17) is 4.74 Å². The molecule has 3 rings (SSSR count). The number of carbonyl (C=O) groups is 1. The van der Waals surface area contributed by atoms with E-state index in [1.165, 1.54) is 7.11 Å². The number of fused-ring (bicyclic) bond motifs is 1. The zero-order valence-corrected chi connectivity index (χ0v) is 10.4. The smallest absolute Gasteiger partial charge is 0.266 e. The Bertz CT molecular complexity index is 653. The van der Waals surface area contributed by atoms with Gasteiger partial charge in [-0.3, -0.25) is 4.79 Å². The highest BCUT2D eigenvalue weighted by molar-refractivity contribution is 6.07. The van der Waals surface area contributed by atoms with Crippen LogP contribution in [0, 0.1) is 0 Å². The Morgan fingerprint density at radius 2 is 1.68 bits per heavy atom. The number of amides is 1. The Labute approximate surface area is 110 Å². The Morgan fingerprint density at radius 1 is 1.05 bits per heavy atom. The van der Waals surface area contributed by atoms with E-state index in [2.05, 4.69) is 5.32 Å². The van der Waals surface area contributed by atoms with Crippen molar-refractivity contribution >= 4 is 11.6 Å². The lowest BCUT2D eigenvalue weighted by Gasteiger charge is -2.23. The standard InChI is InChI=1S/C15H13NO3/c1-19-13-9-5-3-7-11(13)15(18)10-6-2-4-8-12(10)16-14(15)17/h2-9,18H,1H3,(H,16,17)/t15-/m1/s1. The summed E-state index contributed by atoms with van der Waals surface area (Å²) < 4.78 is 5.25. The number of ether oxygens (including phenoxy) is 1. The van der Waals surface area contributed by atoms with Crippen LogP contribution in [0.1, 0.15) is 11.1 Å². The number of nitrogens with one attached hydrogen (secondary N) is 1. The Kier molecular flexibility index (Phi) is 2.54. The molecular weight excluding hydrogens is 242 g/mol. The van der Waals surface area contributed by atoms with Crippen LogP contribution >= 0.6 is 0 Å². The average Bonchev–Trinajstić information content (AvgIpc) is 2.72. The van der Waals surface area contributed by atoms with Gasteiger partial charge in [0.1, 0.15) is 5.75 Å². The van der Waals surface area contributed by atoms with Crippen LogP contribution in [0.5, 0.6) is 5.75 Å². The van der Waals surface area contributed by atoms with Crippen LogP contribution in [-0.2, 0) is 10.4 Å². The van der Waals surface area contributed by atoms with Gasteiger partial charge >= 0.3 is 0 Å². The summed E-state index contributed by atoms with van der Waals surface area (Å²) >= 11 is 0. The number of methoxy groups -OCH3 is 1. The molecule has 19 heavy (non-hydrogen) atoms. The zero-order chi connectivity index (χ0) is 13.5. The highest BCUT2D eigenvalue weighted by Crippen LogP contribution is 2.43. The molecule has 0 spiro atoms. The second-order valence-corrected chi connectivity index (χ2v) is 4.41. The molecule has 96 valence electrons. The van der Waals surface area contributed by atoms with E-state index in [1.807, 2.05) is 6.07 Å². The first kappa shape index (κ1) is 11.7. The number of aliphatic hydroxyl groups is 1. The third-order valence-electron chi connectivity index (χ3n) is 3.39. The summed E-state index contributed by atoms with van der Waals surface area (Å²) in [5.74, 6) is 0.0232. The van der Waals surface area contributed by atoms with E-state index in [9.17, 15) is 9.90 Å². The van der Waals surface area contributed by atoms with E-state index >= 15 is 0 Å². The average molecular weight is 255 g/mol. The zero-order valence-electron chi connectivity index (χ0n) is 10.4. The number of hydrogen-bond donors (Lipinski definition) is 2. The predicted octanol–water partition coefficient (Wildman–Crippen LogP) is 1.88. The van der Waals surface area contributed by atoms with Crippen molar-refractivity contribution in [2.75, 3.05) is 12.4 Å². The first-order chi connectivity index (χ1) is 9.17. The fourth-order valence-corrected chi connectivity index (χ4v) is 2.45. The van der Waals surface area contributed by atoms with Crippen molar-refractivity contribution in [3.63, 3.8) is 0 Å². The Balaban J connectivity index is 2.26. The molecule has 0 radical (unpaired) electrons. The van der Waals surface area contributed by atoms with Crippen LogP contribution in [0.3, 0.4) is 0 Å². The quantitative estimate of drug-likeness (QED) is 0.861. The maximum atomic E-state index is 12.2. The normalized spacial score (nSPS) is 20.8. The lowest BCUT2D eigenvalue weighted by Crippen LogP contribution is -2.35. The molecule has 2 aromatic carbocycles. The lowest BCUT2D eigenvalue weighted by molar-refractivity contribution is -0.129. The molecule has 1 aliphatic heterocycles. The van der Waals surface area contributed by atoms with E-state index in [0.717, 1.165) is 0 Å². The number of rotatable bonds is 2. The first-order valence-electron chi connectivity index (χ1n) is 5.94. The highest BCUT2D eigenvalue weighted by Gasteiger charge is 2.48. The summed E-state index contributed by atoms with van der Waals surface area (Å²) in [6, 6.07) is 14.1. The molecule has 4 heteroatoms. The van der Waals surface area contributed by atoms with E-state index < -0.39 is 11.5 Å². The van der Waals surface area contributed by atoms with Gasteiger partial charge in [0.15, 0.2) is 5.60 Å². The van der Waals surface area contributed by atoms with Crippen molar-refractivity contribution in [3.8, 4) is 5.75 Å². The monoisotopic (exact) mass is 255 g/mol. The summed E-state index contributed by atoms with van der Waals surface area (Å²) in [5, 5.41) is 13.6. The minimum atomic E-state index is -1.71. The molecule has 1 amide bonds. The first-order valence-corrected chi connectivity index (χ1v) is 5.94. The van der Waals surface area contributed by atoms with Gasteiger partial charge in [-0.2, -0.15) is 0 Å². The van der Waals surface area contributed by atoms with Crippen LogP contribution in [0.4, 0.5) is 5.69 Å². The molecule has 2 N–H and O–H groups in total. The van der Waals surface area contributed by atoms with Gasteiger partial charge in [0.25, 0.3) is 5.91 Å². The van der Waals surface area contributed by atoms with Crippen molar-refractivity contribution in [2.45, 2.75) is 5.60 Å². The molecule has 0 saturated carbocycles. The van der Waals surface area contributed by atoms with Crippen LogP contribution < -0.4 is 10.1 Å². The van der Waals surface area contributed by atoms with E-state index in [1.54, 1.807) is 42.5 Å². The fraction of sp³-hybridized carbons (Fsp3) is 0.133. The van der Waals surface area contributed by atoms with Crippen LogP contribution in [0.15, 0.2) is 48.5 Å². The molecule has 1 aliphatic rings. The van der Waals surface area contributed by atoms with Crippen LogP contribution in [0.25, 0.3) is 0 Å². The number of carbonyl (C=O) groups excluding carboxylic acids is 1. The fourth-order valence-electron chi connectivity index (χ4n) is 2.45. The molecule has 0 bridgehead atoms. The van der Waals surface area contributed by atoms with Gasteiger partial charge in [-0.05, 0) is 12.1 Å². The molecule has 1 heterocycles. The Morgan fingerprint density at radius 3 is 2.42 bits per heavy atom. The number of anilines is 1. The maximum absolute atomic E-state index is 12.2. The van der Waals surface area contributed by atoms with Crippen LogP contribution in [0.2, 0.25) is 0 Å². The molecule has 1 atom stereocenters. The third kappa shape index (κ3) is 1.54. The number of hydrogen-bond acceptors (Lipinski definition) is 3. The number of para-hydroxylation sites is 2. The lowest BCUT2D eigenvalue weighted by atomic mass is 9.87. The molecule has 2 aromatic rings. The van der Waals surface area contributed by atoms with Crippen molar-refractivity contribution in [1.82, 2.24) is 0 Å². The summed E-state index contributed by atoms with van der Waals surface area (Å²) in [4.78, 5) is 12.2. The van der Waals surface area contributed by atoms with Crippen LogP contribution in [-0.4, -0.2) is 18.1 Å². The minimum Gasteiger partial charge on any atom is -0.496 e. The summed E-state index contributed by atoms with van der Waals surface area (Å²) in [6.45, 7) is 0. The SMILES string of the molecule is COc1ccccc1[C@@]1(O)C(=O)Nc2ccccc21. The Hall–Kier alpha value is -2.33. The molecular formula is C15H13NO3. The van der Waals surface area contributed by atoms with Crippen molar-refractivity contribution in [3.05, 3.63) is 59.7 Å². The second kappa shape index (κ2) is 4.10. The van der Waals surface area contributed by atoms with Gasteiger partial charge in [-0.1, -0.05) is 36.4 Å². The largest absolute Gasteiger partial charge is 0.496 e. The molecule has 4 nitrogen and oxygen atoms in total. The highest BCUT2D eigenvalue weighted by atomic mass is 16.5. The van der Waals surface area contributed by atoms with Gasteiger partial charge in [-0.25, -0.2) is 0 Å². The topological polar surface area (TPSA) is 58.6 Å². The predicted molar refractivity (Wildman–Crippen MR) is 71.1 cm³/mol. The molecule has 0 saturated heterocycles. The van der Waals surface area contributed by atoms with Gasteiger partial charge in [-0.15, -0.1) is 0 Å². The van der Waals surface area contributed by atoms with Gasteiger partial charge < -0.3 is 15.2 Å².